The van der Waals surface area contributed by atoms with E-state index in [0.717, 1.165) is 60.8 Å². The summed E-state index contributed by atoms with van der Waals surface area (Å²) in [4.78, 5) is 29.3. The number of rotatable bonds is 11. The third-order valence-electron chi connectivity index (χ3n) is 11.2. The standard InChI is InChI=1S/C36H49N3O4S/c1-4-33(35(41)37-31-11-7-8-12-31)38(23-29-10-6-5-9-25(29)2)34(40)24-39(44(3,42)43)32-15-13-30(14-16-32)36-20-26-17-27(21-36)19-28(18-26)22-36/h5-6,9-10,13-16,26-28,31,33H,4,7-8,11-12,17-24H2,1-3H3,(H,37,41)/t26?,27?,28?,33-,36?/m1/s1. The molecule has 8 heteroatoms. The Hall–Kier alpha value is -2.87. The number of hydrogen-bond acceptors (Lipinski definition) is 4. The molecule has 0 radical (unpaired) electrons. The van der Waals surface area contributed by atoms with Crippen molar-refractivity contribution in [2.45, 2.75) is 109 Å². The van der Waals surface area contributed by atoms with Gasteiger partial charge in [0.1, 0.15) is 12.6 Å². The maximum Gasteiger partial charge on any atom is 0.244 e. The van der Waals surface area contributed by atoms with Gasteiger partial charge >= 0.3 is 0 Å². The monoisotopic (exact) mass is 619 g/mol. The molecule has 2 aromatic carbocycles. The predicted octanol–water partition coefficient (Wildman–Crippen LogP) is 6.10. The number of nitrogens with zero attached hydrogens (tertiary/aromatic N) is 2. The molecule has 238 valence electrons. The SMILES string of the molecule is CC[C@H](C(=O)NC1CCCC1)N(Cc1ccccc1C)C(=O)CN(c1ccc(C23CC4CC(CC(C4)C2)C3)cc1)S(C)(=O)=O. The quantitative estimate of drug-likeness (QED) is 0.330. The summed E-state index contributed by atoms with van der Waals surface area (Å²) in [5.41, 5.74) is 3.99. The van der Waals surface area contributed by atoms with E-state index in [2.05, 4.69) is 17.4 Å². The smallest absolute Gasteiger partial charge is 0.244 e. The van der Waals surface area contributed by atoms with Crippen LogP contribution < -0.4 is 9.62 Å². The number of benzene rings is 2. The maximum atomic E-state index is 14.2. The molecule has 0 aliphatic heterocycles. The first-order chi connectivity index (χ1) is 21.0. The average Bonchev–Trinajstić information content (AvgIpc) is 3.48. The third-order valence-corrected chi connectivity index (χ3v) is 12.3. The van der Waals surface area contributed by atoms with Gasteiger partial charge in [-0.2, -0.15) is 0 Å². The molecule has 5 saturated carbocycles. The molecule has 5 fully saturated rings. The van der Waals surface area contributed by atoms with E-state index in [4.69, 9.17) is 0 Å². The topological polar surface area (TPSA) is 86.8 Å². The lowest BCUT2D eigenvalue weighted by Gasteiger charge is -2.57. The van der Waals surface area contributed by atoms with Crippen LogP contribution in [0.5, 0.6) is 0 Å². The van der Waals surface area contributed by atoms with Gasteiger partial charge in [0.15, 0.2) is 0 Å². The van der Waals surface area contributed by atoms with E-state index in [-0.39, 0.29) is 36.4 Å². The number of sulfonamides is 1. The van der Waals surface area contributed by atoms with Crippen molar-refractivity contribution in [3.05, 3.63) is 65.2 Å². The first-order valence-corrected chi connectivity index (χ1v) is 18.6. The Labute approximate surface area is 263 Å². The van der Waals surface area contributed by atoms with Crippen molar-refractivity contribution in [1.82, 2.24) is 10.2 Å². The number of aryl methyl sites for hydroxylation is 1. The normalized spacial score (nSPS) is 26.8. The molecule has 4 bridgehead atoms. The highest BCUT2D eigenvalue weighted by atomic mass is 32.2. The van der Waals surface area contributed by atoms with E-state index < -0.39 is 16.1 Å². The van der Waals surface area contributed by atoms with E-state index >= 15 is 0 Å². The molecule has 1 N–H and O–H groups in total. The van der Waals surface area contributed by atoms with E-state index in [1.165, 1.54) is 48.4 Å². The zero-order chi connectivity index (χ0) is 31.1. The summed E-state index contributed by atoms with van der Waals surface area (Å²) < 4.78 is 27.6. The fourth-order valence-corrected chi connectivity index (χ4v) is 10.2. The number of nitrogens with one attached hydrogen (secondary N) is 1. The molecular formula is C36H49N3O4S. The number of carbonyl (C=O) groups excluding carboxylic acids is 2. The lowest BCUT2D eigenvalue weighted by atomic mass is 9.48. The van der Waals surface area contributed by atoms with Crippen LogP contribution in [0.25, 0.3) is 0 Å². The van der Waals surface area contributed by atoms with Crippen molar-refractivity contribution in [3.63, 3.8) is 0 Å². The van der Waals surface area contributed by atoms with Crippen LogP contribution in [0.1, 0.15) is 94.2 Å². The minimum atomic E-state index is -3.77. The van der Waals surface area contributed by atoms with E-state index in [1.54, 1.807) is 4.90 Å². The van der Waals surface area contributed by atoms with Crippen LogP contribution in [0.2, 0.25) is 0 Å². The summed E-state index contributed by atoms with van der Waals surface area (Å²) in [6.07, 6.45) is 13.5. The molecule has 0 saturated heterocycles. The second-order valence-electron chi connectivity index (χ2n) is 14.4. The van der Waals surface area contributed by atoms with Crippen LogP contribution in [0.4, 0.5) is 5.69 Å². The minimum absolute atomic E-state index is 0.131. The van der Waals surface area contributed by atoms with Gasteiger partial charge in [-0.15, -0.1) is 0 Å². The molecule has 0 aromatic heterocycles. The van der Waals surface area contributed by atoms with Crippen LogP contribution in [0, 0.1) is 24.7 Å². The minimum Gasteiger partial charge on any atom is -0.352 e. The van der Waals surface area contributed by atoms with Gasteiger partial charge in [0.2, 0.25) is 21.8 Å². The van der Waals surface area contributed by atoms with Crippen molar-refractivity contribution in [2.24, 2.45) is 17.8 Å². The van der Waals surface area contributed by atoms with Gasteiger partial charge in [-0.3, -0.25) is 13.9 Å². The van der Waals surface area contributed by atoms with Gasteiger partial charge in [0, 0.05) is 12.6 Å². The van der Waals surface area contributed by atoms with Gasteiger partial charge in [-0.05, 0) is 117 Å². The molecule has 2 amide bonds. The first-order valence-electron chi connectivity index (χ1n) is 16.8. The van der Waals surface area contributed by atoms with Crippen LogP contribution in [0.3, 0.4) is 0 Å². The first kappa shape index (κ1) is 31.1. The maximum absolute atomic E-state index is 14.2. The van der Waals surface area contributed by atoms with Gasteiger partial charge in [-0.25, -0.2) is 8.42 Å². The third kappa shape index (κ3) is 6.42. The zero-order valence-electron chi connectivity index (χ0n) is 26.6. The molecule has 7 rings (SSSR count). The Morgan fingerprint density at radius 1 is 0.932 bits per heavy atom. The van der Waals surface area contributed by atoms with E-state index in [0.29, 0.717) is 12.1 Å². The lowest BCUT2D eigenvalue weighted by molar-refractivity contribution is -0.140. The molecule has 0 spiro atoms. The number of anilines is 1. The Kier molecular flexibility index (Phi) is 8.84. The predicted molar refractivity (Wildman–Crippen MR) is 175 cm³/mol. The molecule has 5 aliphatic carbocycles. The van der Waals surface area contributed by atoms with Crippen molar-refractivity contribution in [2.75, 3.05) is 17.1 Å². The fourth-order valence-electron chi connectivity index (χ4n) is 9.32. The molecule has 44 heavy (non-hydrogen) atoms. The summed E-state index contributed by atoms with van der Waals surface area (Å²) in [6, 6.07) is 15.3. The van der Waals surface area contributed by atoms with Gasteiger partial charge in [0.05, 0.1) is 11.9 Å². The molecule has 0 unspecified atom stereocenters. The summed E-state index contributed by atoms with van der Waals surface area (Å²) >= 11 is 0. The second-order valence-corrected chi connectivity index (χ2v) is 16.3. The van der Waals surface area contributed by atoms with Gasteiger partial charge in [0.25, 0.3) is 0 Å². The fraction of sp³-hybridized carbons (Fsp3) is 0.611. The second kappa shape index (κ2) is 12.5. The van der Waals surface area contributed by atoms with E-state index in [9.17, 15) is 18.0 Å². The Bertz CT molecular complexity index is 1430. The Balaban J connectivity index is 1.25. The summed E-state index contributed by atoms with van der Waals surface area (Å²) in [5.74, 6) is 1.93. The Morgan fingerprint density at radius 3 is 2.07 bits per heavy atom. The lowest BCUT2D eigenvalue weighted by Crippen LogP contribution is -2.53. The van der Waals surface area contributed by atoms with Crippen molar-refractivity contribution >= 4 is 27.5 Å². The highest BCUT2D eigenvalue weighted by Crippen LogP contribution is 2.60. The van der Waals surface area contributed by atoms with Gasteiger partial charge < -0.3 is 10.2 Å². The van der Waals surface area contributed by atoms with Crippen molar-refractivity contribution < 1.29 is 18.0 Å². The number of amides is 2. The Morgan fingerprint density at radius 2 is 1.52 bits per heavy atom. The molecule has 7 nitrogen and oxygen atoms in total. The average molecular weight is 620 g/mol. The number of carbonyl (C=O) groups is 2. The van der Waals surface area contributed by atoms with Crippen LogP contribution in [0.15, 0.2) is 48.5 Å². The summed E-state index contributed by atoms with van der Waals surface area (Å²) in [6.45, 7) is 3.79. The molecule has 5 aliphatic rings. The molecular weight excluding hydrogens is 570 g/mol. The zero-order valence-corrected chi connectivity index (χ0v) is 27.5. The number of hydrogen-bond donors (Lipinski definition) is 1. The van der Waals surface area contributed by atoms with Crippen molar-refractivity contribution in [1.29, 1.82) is 0 Å². The van der Waals surface area contributed by atoms with Crippen LogP contribution in [-0.2, 0) is 31.6 Å². The van der Waals surface area contributed by atoms with E-state index in [1.807, 2.05) is 50.2 Å². The van der Waals surface area contributed by atoms with Crippen LogP contribution >= 0.6 is 0 Å². The molecule has 0 heterocycles. The van der Waals surface area contributed by atoms with Crippen molar-refractivity contribution in [3.8, 4) is 0 Å². The highest BCUT2D eigenvalue weighted by Gasteiger charge is 2.51. The highest BCUT2D eigenvalue weighted by molar-refractivity contribution is 7.92. The van der Waals surface area contributed by atoms with Crippen LogP contribution in [-0.4, -0.2) is 50.0 Å². The van der Waals surface area contributed by atoms with Gasteiger partial charge in [-0.1, -0.05) is 56.2 Å². The largest absolute Gasteiger partial charge is 0.352 e. The molecule has 2 aromatic rings. The molecule has 1 atom stereocenters. The summed E-state index contributed by atoms with van der Waals surface area (Å²) in [7, 11) is -3.77. The summed E-state index contributed by atoms with van der Waals surface area (Å²) in [5, 5.41) is 3.18.